The summed E-state index contributed by atoms with van der Waals surface area (Å²) in [6.07, 6.45) is 0. The second-order valence-corrected chi connectivity index (χ2v) is 7.41. The van der Waals surface area contributed by atoms with Crippen LogP contribution in [0.1, 0.15) is 5.56 Å². The van der Waals surface area contributed by atoms with Crippen molar-refractivity contribution in [2.24, 2.45) is 0 Å². The van der Waals surface area contributed by atoms with Crippen LogP contribution in [-0.2, 0) is 4.74 Å². The number of nitrogen functional groups attached to an aromatic ring is 1. The molecule has 26 heavy (non-hydrogen) atoms. The van der Waals surface area contributed by atoms with E-state index >= 15 is 0 Å². The first-order valence-corrected chi connectivity index (χ1v) is 9.47. The van der Waals surface area contributed by atoms with Crippen molar-refractivity contribution in [3.63, 3.8) is 0 Å². The normalized spacial score (nSPS) is 14.4. The molecule has 0 unspecified atom stereocenters. The van der Waals surface area contributed by atoms with Gasteiger partial charge in [0.25, 0.3) is 0 Å². The second-order valence-electron chi connectivity index (χ2n) is 6.17. The number of nitrogens with two attached hydrogens (primary N) is 1. The predicted octanol–water partition coefficient (Wildman–Crippen LogP) is 3.80. The summed E-state index contributed by atoms with van der Waals surface area (Å²) in [6, 6.07) is 16.3. The molecule has 1 aliphatic heterocycles. The molecule has 2 aromatic carbocycles. The molecule has 0 spiro atoms. The zero-order valence-corrected chi connectivity index (χ0v) is 16.2. The van der Waals surface area contributed by atoms with E-state index in [2.05, 4.69) is 50.7 Å². The maximum absolute atomic E-state index is 9.79. The fourth-order valence-electron chi connectivity index (χ4n) is 3.32. The van der Waals surface area contributed by atoms with E-state index in [4.69, 9.17) is 10.5 Å². The van der Waals surface area contributed by atoms with Crippen molar-refractivity contribution in [3.05, 3.63) is 51.6 Å². The Balaban J connectivity index is 1.81. The van der Waals surface area contributed by atoms with Gasteiger partial charge < -0.3 is 15.4 Å². The van der Waals surface area contributed by atoms with Crippen LogP contribution in [0.4, 0.5) is 11.5 Å². The van der Waals surface area contributed by atoms with E-state index in [0.717, 1.165) is 52.0 Å². The van der Waals surface area contributed by atoms with Gasteiger partial charge >= 0.3 is 0 Å². The van der Waals surface area contributed by atoms with Crippen LogP contribution in [0, 0.1) is 14.9 Å². The number of ether oxygens (including phenoxy) is 1. The zero-order chi connectivity index (χ0) is 18.1. The maximum atomic E-state index is 9.79. The first-order valence-electron chi connectivity index (χ1n) is 8.39. The SMILES string of the molecule is N#Cc1c(-c2ccc(N3CCOCC3)cc2)c(N)nc2ccc(I)cc12. The molecule has 6 heteroatoms. The molecular weight excluding hydrogens is 439 g/mol. The Hall–Kier alpha value is -2.37. The van der Waals surface area contributed by atoms with Gasteiger partial charge in [-0.05, 0) is 58.5 Å². The Kier molecular flexibility index (Phi) is 4.66. The fourth-order valence-corrected chi connectivity index (χ4v) is 3.81. The van der Waals surface area contributed by atoms with Crippen LogP contribution >= 0.6 is 22.6 Å². The molecule has 0 bridgehead atoms. The molecule has 2 heterocycles. The quantitative estimate of drug-likeness (QED) is 0.594. The Bertz CT molecular complexity index is 1000. The van der Waals surface area contributed by atoms with Crippen molar-refractivity contribution in [3.8, 4) is 17.2 Å². The van der Waals surface area contributed by atoms with Gasteiger partial charge in [-0.1, -0.05) is 12.1 Å². The van der Waals surface area contributed by atoms with Crippen molar-refractivity contribution in [1.82, 2.24) is 4.98 Å². The number of aromatic nitrogens is 1. The number of morpholine rings is 1. The monoisotopic (exact) mass is 456 g/mol. The van der Waals surface area contributed by atoms with Gasteiger partial charge in [-0.25, -0.2) is 4.98 Å². The molecular formula is C20H17IN4O. The minimum absolute atomic E-state index is 0.384. The van der Waals surface area contributed by atoms with Gasteiger partial charge in [-0.15, -0.1) is 0 Å². The van der Waals surface area contributed by atoms with Crippen LogP contribution in [0.3, 0.4) is 0 Å². The summed E-state index contributed by atoms with van der Waals surface area (Å²) in [5.41, 5.74) is 10.3. The average molecular weight is 456 g/mol. The lowest BCUT2D eigenvalue weighted by Gasteiger charge is -2.29. The Morgan fingerprint density at radius 2 is 1.85 bits per heavy atom. The lowest BCUT2D eigenvalue weighted by molar-refractivity contribution is 0.122. The van der Waals surface area contributed by atoms with Crippen molar-refractivity contribution in [2.75, 3.05) is 36.9 Å². The summed E-state index contributed by atoms with van der Waals surface area (Å²) in [4.78, 5) is 6.80. The van der Waals surface area contributed by atoms with Gasteiger partial charge in [0, 0.05) is 33.3 Å². The molecule has 2 N–H and O–H groups in total. The van der Waals surface area contributed by atoms with Crippen molar-refractivity contribution in [1.29, 1.82) is 5.26 Å². The van der Waals surface area contributed by atoms with Crippen molar-refractivity contribution >= 4 is 45.0 Å². The Morgan fingerprint density at radius 3 is 2.54 bits per heavy atom. The summed E-state index contributed by atoms with van der Waals surface area (Å²) < 4.78 is 6.47. The highest BCUT2D eigenvalue weighted by Crippen LogP contribution is 2.34. The number of halogens is 1. The summed E-state index contributed by atoms with van der Waals surface area (Å²) in [5, 5.41) is 10.6. The molecule has 1 saturated heterocycles. The van der Waals surface area contributed by atoms with Gasteiger partial charge in [0.15, 0.2) is 0 Å². The van der Waals surface area contributed by atoms with Gasteiger partial charge in [0.05, 0.1) is 24.3 Å². The highest BCUT2D eigenvalue weighted by molar-refractivity contribution is 14.1. The molecule has 0 atom stereocenters. The van der Waals surface area contributed by atoms with E-state index in [1.165, 1.54) is 0 Å². The standard InChI is InChI=1S/C20H17IN4O/c21-14-3-6-18-16(11-14)17(12-22)19(20(23)24-18)13-1-4-15(5-2-13)25-7-9-26-10-8-25/h1-6,11H,7-10H2,(H2,23,24). The first-order chi connectivity index (χ1) is 12.7. The molecule has 3 aromatic rings. The van der Waals surface area contributed by atoms with E-state index in [1.807, 2.05) is 30.3 Å². The van der Waals surface area contributed by atoms with E-state index < -0.39 is 0 Å². The molecule has 0 saturated carbocycles. The smallest absolute Gasteiger partial charge is 0.133 e. The van der Waals surface area contributed by atoms with Crippen LogP contribution in [-0.4, -0.2) is 31.3 Å². The highest BCUT2D eigenvalue weighted by atomic mass is 127. The molecule has 0 radical (unpaired) electrons. The van der Waals surface area contributed by atoms with Gasteiger partial charge in [0.2, 0.25) is 0 Å². The number of anilines is 2. The highest BCUT2D eigenvalue weighted by Gasteiger charge is 2.16. The molecule has 1 aromatic heterocycles. The third-order valence-electron chi connectivity index (χ3n) is 4.62. The summed E-state index contributed by atoms with van der Waals surface area (Å²) in [7, 11) is 0. The zero-order valence-electron chi connectivity index (χ0n) is 14.1. The van der Waals surface area contributed by atoms with E-state index in [1.54, 1.807) is 0 Å². The largest absolute Gasteiger partial charge is 0.383 e. The summed E-state index contributed by atoms with van der Waals surface area (Å²) >= 11 is 2.24. The number of hydrogen-bond acceptors (Lipinski definition) is 5. The average Bonchev–Trinajstić information content (AvgIpc) is 2.68. The van der Waals surface area contributed by atoms with Crippen molar-refractivity contribution < 1.29 is 4.74 Å². The first kappa shape index (κ1) is 17.1. The number of fused-ring (bicyclic) bond motifs is 1. The van der Waals surface area contributed by atoms with Crippen LogP contribution in [0.25, 0.3) is 22.0 Å². The predicted molar refractivity (Wildman–Crippen MR) is 112 cm³/mol. The van der Waals surface area contributed by atoms with Crippen LogP contribution in [0.5, 0.6) is 0 Å². The molecule has 1 fully saturated rings. The van der Waals surface area contributed by atoms with Gasteiger partial charge in [-0.3, -0.25) is 0 Å². The Labute approximate surface area is 165 Å². The van der Waals surface area contributed by atoms with Crippen LogP contribution in [0.15, 0.2) is 42.5 Å². The molecule has 130 valence electrons. The third kappa shape index (κ3) is 3.08. The van der Waals surface area contributed by atoms with Gasteiger partial charge in [0.1, 0.15) is 11.9 Å². The second kappa shape index (κ2) is 7.09. The van der Waals surface area contributed by atoms with E-state index in [-0.39, 0.29) is 0 Å². The number of rotatable bonds is 2. The van der Waals surface area contributed by atoms with E-state index in [9.17, 15) is 5.26 Å². The number of hydrogen-bond donors (Lipinski definition) is 1. The summed E-state index contributed by atoms with van der Waals surface area (Å²) in [5.74, 6) is 0.384. The van der Waals surface area contributed by atoms with Gasteiger partial charge in [-0.2, -0.15) is 5.26 Å². The number of nitriles is 1. The molecule has 0 aliphatic carbocycles. The fraction of sp³-hybridized carbons (Fsp3) is 0.200. The third-order valence-corrected chi connectivity index (χ3v) is 5.29. The van der Waals surface area contributed by atoms with Crippen molar-refractivity contribution in [2.45, 2.75) is 0 Å². The molecule has 0 amide bonds. The maximum Gasteiger partial charge on any atom is 0.133 e. The summed E-state index contributed by atoms with van der Waals surface area (Å²) in [6.45, 7) is 3.28. The van der Waals surface area contributed by atoms with Crippen LogP contribution < -0.4 is 10.6 Å². The van der Waals surface area contributed by atoms with E-state index in [0.29, 0.717) is 16.9 Å². The minimum atomic E-state index is 0.384. The lowest BCUT2D eigenvalue weighted by Crippen LogP contribution is -2.36. The minimum Gasteiger partial charge on any atom is -0.383 e. The topological polar surface area (TPSA) is 75.2 Å². The molecule has 1 aliphatic rings. The number of benzene rings is 2. The lowest BCUT2D eigenvalue weighted by atomic mass is 9.97. The number of pyridine rings is 1. The Morgan fingerprint density at radius 1 is 1.12 bits per heavy atom. The number of nitrogens with zero attached hydrogens (tertiary/aromatic N) is 3. The van der Waals surface area contributed by atoms with Crippen LogP contribution in [0.2, 0.25) is 0 Å². The molecule has 4 rings (SSSR count). The molecule has 5 nitrogen and oxygen atoms in total.